The molecule has 1 aromatic carbocycles. The van der Waals surface area contributed by atoms with E-state index in [4.69, 9.17) is 21.1 Å². The fourth-order valence-corrected chi connectivity index (χ4v) is 4.88. The molecule has 13 heteroatoms. The minimum Gasteiger partial charge on any atom is -0.484 e. The largest absolute Gasteiger partial charge is 0.484 e. The predicted molar refractivity (Wildman–Crippen MR) is 127 cm³/mol. The molecule has 198 valence electrons. The Morgan fingerprint density at radius 1 is 1.05 bits per heavy atom. The molecule has 37 heavy (non-hydrogen) atoms. The molecule has 2 amide bonds. The SMILES string of the molecule is COC(=O)c1ncc(OCC(=O)NC23CCC(NC(=O)COc4ccc(Cl)c(F)c4)(CC2)[C@@H](O)C3)cn1. The number of aliphatic hydroxyl groups is 1. The van der Waals surface area contributed by atoms with Gasteiger partial charge in [-0.15, -0.1) is 0 Å². The number of hydrogen-bond acceptors (Lipinski definition) is 9. The van der Waals surface area contributed by atoms with Crippen LogP contribution in [0.5, 0.6) is 11.5 Å². The number of aromatic nitrogens is 2. The Morgan fingerprint density at radius 3 is 2.27 bits per heavy atom. The van der Waals surface area contributed by atoms with Crippen molar-refractivity contribution in [2.75, 3.05) is 20.3 Å². The molecule has 0 spiro atoms. The quantitative estimate of drug-likeness (QED) is 0.406. The number of hydrogen-bond donors (Lipinski definition) is 3. The number of nitrogens with one attached hydrogen (secondary N) is 2. The van der Waals surface area contributed by atoms with E-state index in [1.807, 2.05) is 0 Å². The normalized spacial score (nSPS) is 24.2. The summed E-state index contributed by atoms with van der Waals surface area (Å²) in [5, 5.41) is 16.7. The fraction of sp³-hybridized carbons (Fsp3) is 0.458. The Bertz CT molecular complexity index is 1170. The van der Waals surface area contributed by atoms with E-state index in [9.17, 15) is 23.9 Å². The molecule has 1 aromatic heterocycles. The maximum atomic E-state index is 13.6. The second kappa shape index (κ2) is 10.9. The highest BCUT2D eigenvalue weighted by Crippen LogP contribution is 2.47. The van der Waals surface area contributed by atoms with Crippen LogP contribution in [0, 0.1) is 5.82 Å². The van der Waals surface area contributed by atoms with Crippen LogP contribution in [0.4, 0.5) is 4.39 Å². The highest BCUT2D eigenvalue weighted by molar-refractivity contribution is 6.30. The molecule has 2 bridgehead atoms. The summed E-state index contributed by atoms with van der Waals surface area (Å²) in [4.78, 5) is 44.1. The van der Waals surface area contributed by atoms with Gasteiger partial charge in [-0.05, 0) is 44.2 Å². The Labute approximate surface area is 216 Å². The van der Waals surface area contributed by atoms with Crippen LogP contribution in [0.15, 0.2) is 30.6 Å². The van der Waals surface area contributed by atoms with Gasteiger partial charge >= 0.3 is 5.97 Å². The van der Waals surface area contributed by atoms with Crippen molar-refractivity contribution in [3.63, 3.8) is 0 Å². The van der Waals surface area contributed by atoms with Gasteiger partial charge in [-0.3, -0.25) is 9.59 Å². The zero-order chi connectivity index (χ0) is 26.6. The van der Waals surface area contributed by atoms with Crippen LogP contribution < -0.4 is 20.1 Å². The lowest BCUT2D eigenvalue weighted by molar-refractivity contribution is -0.137. The van der Waals surface area contributed by atoms with Crippen LogP contribution in [-0.4, -0.2) is 70.4 Å². The average Bonchev–Trinajstić information content (AvgIpc) is 2.89. The standard InChI is InChI=1S/C24H26ClFN4O7/c1-35-22(34)21-27-10-15(11-28-21)37-12-19(32)29-23-4-6-24(7-5-23,18(31)9-23)30-20(33)13-36-14-2-3-16(25)17(26)8-14/h2-3,8,10-11,18,31H,4-7,9,12-13H2,1H3,(H,29,32)(H,30,33)/t18-,23?,24?/m0/s1. The molecule has 3 saturated carbocycles. The second-order valence-electron chi connectivity index (χ2n) is 9.14. The minimum atomic E-state index is -0.882. The van der Waals surface area contributed by atoms with Gasteiger partial charge in [-0.2, -0.15) is 0 Å². The first-order chi connectivity index (χ1) is 17.6. The number of aliphatic hydroxyl groups excluding tert-OH is 1. The van der Waals surface area contributed by atoms with E-state index in [-0.39, 0.29) is 47.9 Å². The van der Waals surface area contributed by atoms with Crippen LogP contribution in [0.3, 0.4) is 0 Å². The topological polar surface area (TPSA) is 149 Å². The number of benzene rings is 1. The number of ether oxygens (including phenoxy) is 3. The molecule has 11 nitrogen and oxygen atoms in total. The number of fused-ring (bicyclic) bond motifs is 3. The van der Waals surface area contributed by atoms with Gasteiger partial charge in [0.2, 0.25) is 5.82 Å². The van der Waals surface area contributed by atoms with Crippen molar-refractivity contribution in [1.82, 2.24) is 20.6 Å². The van der Waals surface area contributed by atoms with Crippen molar-refractivity contribution in [3.8, 4) is 11.5 Å². The number of carbonyl (C=O) groups excluding carboxylic acids is 3. The highest BCUT2D eigenvalue weighted by Gasteiger charge is 2.55. The van der Waals surface area contributed by atoms with E-state index in [2.05, 4.69) is 25.3 Å². The minimum absolute atomic E-state index is 0.0475. The molecule has 0 unspecified atom stereocenters. The summed E-state index contributed by atoms with van der Waals surface area (Å²) in [5.74, 6) is -1.92. The molecule has 0 saturated heterocycles. The second-order valence-corrected chi connectivity index (χ2v) is 9.55. The zero-order valence-electron chi connectivity index (χ0n) is 20.0. The molecule has 3 N–H and O–H groups in total. The van der Waals surface area contributed by atoms with E-state index in [0.717, 1.165) is 6.07 Å². The van der Waals surface area contributed by atoms with Gasteiger partial charge in [-0.1, -0.05) is 11.6 Å². The van der Waals surface area contributed by atoms with Crippen molar-refractivity contribution in [3.05, 3.63) is 47.3 Å². The predicted octanol–water partition coefficient (Wildman–Crippen LogP) is 1.56. The fourth-order valence-electron chi connectivity index (χ4n) is 4.76. The summed E-state index contributed by atoms with van der Waals surface area (Å²) < 4.78 is 28.8. The maximum Gasteiger partial charge on any atom is 0.376 e. The number of esters is 1. The summed E-state index contributed by atoms with van der Waals surface area (Å²) in [6, 6.07) is 3.88. The third kappa shape index (κ3) is 6.08. The molecule has 3 fully saturated rings. The number of halogens is 2. The molecular formula is C24H26ClFN4O7. The van der Waals surface area contributed by atoms with Crippen molar-refractivity contribution < 1.29 is 38.1 Å². The lowest BCUT2D eigenvalue weighted by Crippen LogP contribution is -2.70. The van der Waals surface area contributed by atoms with Crippen LogP contribution in [-0.2, 0) is 14.3 Å². The average molecular weight is 537 g/mol. The highest BCUT2D eigenvalue weighted by atomic mass is 35.5. The first-order valence-corrected chi connectivity index (χ1v) is 11.9. The molecular weight excluding hydrogens is 511 g/mol. The summed E-state index contributed by atoms with van der Waals surface area (Å²) in [6.45, 7) is -0.650. The molecule has 0 radical (unpaired) electrons. The molecule has 2 aromatic rings. The van der Waals surface area contributed by atoms with Gasteiger partial charge in [0.15, 0.2) is 19.0 Å². The lowest BCUT2D eigenvalue weighted by Gasteiger charge is -2.56. The van der Waals surface area contributed by atoms with E-state index in [1.165, 1.54) is 31.6 Å². The lowest BCUT2D eigenvalue weighted by atomic mass is 9.60. The van der Waals surface area contributed by atoms with Crippen LogP contribution in [0.2, 0.25) is 5.02 Å². The van der Waals surface area contributed by atoms with Gasteiger partial charge in [0.05, 0.1) is 36.2 Å². The number of carbonyl (C=O) groups is 3. The van der Waals surface area contributed by atoms with E-state index < -0.39 is 34.9 Å². The monoisotopic (exact) mass is 536 g/mol. The van der Waals surface area contributed by atoms with Gasteiger partial charge < -0.3 is 30.0 Å². The Morgan fingerprint density at radius 2 is 1.68 bits per heavy atom. The van der Waals surface area contributed by atoms with Crippen LogP contribution >= 0.6 is 11.6 Å². The summed E-state index contributed by atoms with van der Waals surface area (Å²) in [5.41, 5.74) is -1.44. The number of amides is 2. The third-order valence-electron chi connectivity index (χ3n) is 6.74. The first-order valence-electron chi connectivity index (χ1n) is 11.5. The van der Waals surface area contributed by atoms with Gasteiger partial charge in [0, 0.05) is 11.6 Å². The molecule has 1 heterocycles. The number of rotatable bonds is 9. The molecule has 5 rings (SSSR count). The Kier molecular flexibility index (Phi) is 7.79. The number of methoxy groups -OCH3 is 1. The summed E-state index contributed by atoms with van der Waals surface area (Å²) in [7, 11) is 1.21. The van der Waals surface area contributed by atoms with Crippen molar-refractivity contribution in [2.24, 2.45) is 0 Å². The van der Waals surface area contributed by atoms with Crippen LogP contribution in [0.1, 0.15) is 42.7 Å². The molecule has 0 aliphatic heterocycles. The smallest absolute Gasteiger partial charge is 0.376 e. The van der Waals surface area contributed by atoms with Crippen molar-refractivity contribution in [1.29, 1.82) is 0 Å². The third-order valence-corrected chi connectivity index (χ3v) is 7.05. The van der Waals surface area contributed by atoms with Crippen molar-refractivity contribution >= 4 is 29.4 Å². The van der Waals surface area contributed by atoms with Gasteiger partial charge in [0.25, 0.3) is 11.8 Å². The molecule has 1 atom stereocenters. The van der Waals surface area contributed by atoms with Crippen molar-refractivity contribution in [2.45, 2.75) is 49.3 Å². The van der Waals surface area contributed by atoms with Crippen LogP contribution in [0.25, 0.3) is 0 Å². The van der Waals surface area contributed by atoms with E-state index in [0.29, 0.717) is 25.7 Å². The van der Waals surface area contributed by atoms with Gasteiger partial charge in [-0.25, -0.2) is 19.2 Å². The van der Waals surface area contributed by atoms with Gasteiger partial charge in [0.1, 0.15) is 11.6 Å². The Balaban J connectivity index is 1.26. The summed E-state index contributed by atoms with van der Waals surface area (Å²) in [6.07, 6.45) is 3.93. The molecule has 3 aliphatic carbocycles. The molecule has 3 aliphatic rings. The first kappa shape index (κ1) is 26.6. The Hall–Kier alpha value is -3.51. The summed E-state index contributed by atoms with van der Waals surface area (Å²) >= 11 is 5.65. The van der Waals surface area contributed by atoms with E-state index in [1.54, 1.807) is 0 Å². The zero-order valence-corrected chi connectivity index (χ0v) is 20.7. The van der Waals surface area contributed by atoms with E-state index >= 15 is 0 Å². The number of nitrogens with zero attached hydrogens (tertiary/aromatic N) is 2. The maximum absolute atomic E-state index is 13.6.